The van der Waals surface area contributed by atoms with E-state index in [-0.39, 0.29) is 12.8 Å². The van der Waals surface area contributed by atoms with Crippen molar-refractivity contribution in [3.63, 3.8) is 0 Å². The topological polar surface area (TPSA) is 312 Å². The highest BCUT2D eigenvalue weighted by Gasteiger charge is 2.49. The van der Waals surface area contributed by atoms with E-state index in [0.29, 0.717) is 21.5 Å². The standard InChI is InChI=1S/C40H49ClN8O12/c1-49-20-33(55)45-27(12-22-17-42-26-13-23(41)10-11-25(22)26)38(59)44-19-32(54)43-18-24(50)14-30(52)47-35(36(57)28(51)9-5-8-21-6-3-2-4-7-21)37(58)39(60)46-29-15-31(53)48-40(29,61)16-34(49)56/h2-8,10-11,13,17,24,27-29,35-37,42,50-51,57-58,61H,9,12,14-16,18-20H2,1H3,(H,43,54)(H,44,59)(H,45,55)(H,46,60)(H,47,52)(H,48,53). The van der Waals surface area contributed by atoms with Crippen molar-refractivity contribution in [3.8, 4) is 0 Å². The van der Waals surface area contributed by atoms with Crippen LogP contribution in [0, 0.1) is 0 Å². The van der Waals surface area contributed by atoms with Gasteiger partial charge in [0.25, 0.3) is 5.91 Å². The maximum atomic E-state index is 13.5. The first-order valence-corrected chi connectivity index (χ1v) is 19.7. The van der Waals surface area contributed by atoms with E-state index in [0.717, 1.165) is 10.5 Å². The molecule has 0 radical (unpaired) electrons. The highest BCUT2D eigenvalue weighted by Crippen LogP contribution is 2.25. The average Bonchev–Trinajstić information content (AvgIpc) is 3.73. The zero-order chi connectivity index (χ0) is 44.4. The van der Waals surface area contributed by atoms with Gasteiger partial charge in [0.1, 0.15) is 12.1 Å². The van der Waals surface area contributed by atoms with E-state index in [1.165, 1.54) is 13.1 Å². The van der Waals surface area contributed by atoms with Gasteiger partial charge in [0.05, 0.1) is 56.6 Å². The fourth-order valence-electron chi connectivity index (χ4n) is 6.91. The Bertz CT molecular complexity index is 2140. The quantitative estimate of drug-likeness (QED) is 0.114. The molecule has 0 bridgehead atoms. The third-order valence-corrected chi connectivity index (χ3v) is 10.5. The summed E-state index contributed by atoms with van der Waals surface area (Å²) in [6.45, 7) is -1.78. The zero-order valence-electron chi connectivity index (χ0n) is 33.0. The third kappa shape index (κ3) is 12.6. The normalized spacial score (nSPS) is 26.7. The smallest absolute Gasteiger partial charge is 0.251 e. The highest BCUT2D eigenvalue weighted by molar-refractivity contribution is 6.31. The molecular formula is C40H49ClN8O12. The summed E-state index contributed by atoms with van der Waals surface area (Å²) in [5, 5.41) is 70.6. The second-order valence-electron chi connectivity index (χ2n) is 15.0. The number of carbonyl (C=O) groups is 7. The molecule has 2 aliphatic heterocycles. The van der Waals surface area contributed by atoms with E-state index >= 15 is 0 Å². The lowest BCUT2D eigenvalue weighted by Gasteiger charge is -2.34. The first-order valence-electron chi connectivity index (χ1n) is 19.3. The minimum Gasteiger partial charge on any atom is -0.391 e. The van der Waals surface area contributed by atoms with Gasteiger partial charge in [-0.3, -0.25) is 33.6 Å². The molecular weight excluding hydrogens is 820 g/mol. The number of nitrogens with zero attached hydrogens (tertiary/aromatic N) is 1. The molecule has 328 valence electrons. The Hall–Kier alpha value is -5.90. The average molecular weight is 869 g/mol. The molecule has 2 saturated heterocycles. The van der Waals surface area contributed by atoms with Gasteiger partial charge in [-0.1, -0.05) is 60.2 Å². The molecule has 7 amide bonds. The molecule has 0 spiro atoms. The van der Waals surface area contributed by atoms with Crippen molar-refractivity contribution >= 4 is 69.9 Å². The van der Waals surface area contributed by atoms with Gasteiger partial charge in [0.15, 0.2) is 11.8 Å². The molecule has 21 heteroatoms. The maximum Gasteiger partial charge on any atom is 0.251 e. The lowest BCUT2D eigenvalue weighted by molar-refractivity contribution is -0.145. The number of nitrogens with one attached hydrogen (secondary N) is 7. The molecule has 5 rings (SSSR count). The molecule has 8 unspecified atom stereocenters. The Labute approximate surface area is 354 Å². The molecule has 2 aliphatic rings. The number of β-amino-alcohol motifs (C(OH)–C–C–N with tert-alkyl or cyclic N) is 1. The number of hydrogen-bond acceptors (Lipinski definition) is 12. The summed E-state index contributed by atoms with van der Waals surface area (Å²) in [6, 6.07) is 9.15. The summed E-state index contributed by atoms with van der Waals surface area (Å²) in [5.41, 5.74) is -0.437. The number of rotatable bonds is 7. The van der Waals surface area contributed by atoms with Crippen LogP contribution in [-0.2, 0) is 40.0 Å². The second kappa shape index (κ2) is 20.6. The highest BCUT2D eigenvalue weighted by atomic mass is 35.5. The molecule has 2 aromatic carbocycles. The number of likely N-dealkylation sites (N-methyl/N-ethyl adjacent to an activating group) is 1. The fraction of sp³-hybridized carbons (Fsp3) is 0.425. The second-order valence-corrected chi connectivity index (χ2v) is 15.5. The number of aromatic nitrogens is 1. The Morgan fingerprint density at radius 3 is 2.36 bits per heavy atom. The Balaban J connectivity index is 1.37. The van der Waals surface area contributed by atoms with Crippen molar-refractivity contribution in [2.75, 3.05) is 26.7 Å². The minimum absolute atomic E-state index is 0.0809. The van der Waals surface area contributed by atoms with Crippen molar-refractivity contribution in [2.24, 2.45) is 0 Å². The van der Waals surface area contributed by atoms with E-state index in [1.54, 1.807) is 60.8 Å². The van der Waals surface area contributed by atoms with Crippen LogP contribution in [0.3, 0.4) is 0 Å². The molecule has 1 aromatic heterocycles. The van der Waals surface area contributed by atoms with Crippen LogP contribution in [0.2, 0.25) is 5.02 Å². The molecule has 20 nitrogen and oxygen atoms in total. The van der Waals surface area contributed by atoms with Gasteiger partial charge in [0, 0.05) is 42.1 Å². The van der Waals surface area contributed by atoms with Gasteiger partial charge < -0.3 is 67.3 Å². The van der Waals surface area contributed by atoms with Crippen LogP contribution in [0.5, 0.6) is 0 Å². The van der Waals surface area contributed by atoms with Crippen LogP contribution in [0.15, 0.2) is 60.8 Å². The first kappa shape index (κ1) is 46.2. The molecule has 0 saturated carbocycles. The molecule has 3 aromatic rings. The van der Waals surface area contributed by atoms with Crippen molar-refractivity contribution < 1.29 is 59.1 Å². The molecule has 0 aliphatic carbocycles. The number of fused-ring (bicyclic) bond motifs is 2. The fourth-order valence-corrected chi connectivity index (χ4v) is 7.08. The minimum atomic E-state index is -2.45. The molecule has 61 heavy (non-hydrogen) atoms. The SMILES string of the molecule is CN1CC(=O)NC(Cc2c[nH]c3cc(Cl)ccc23)C(=O)NCC(=O)NCC(O)CC(=O)NC(C(O)C(O)CC=Cc2ccccc2)C(O)C(=O)NC2CC(=O)NC2(O)CC1=O. The summed E-state index contributed by atoms with van der Waals surface area (Å²) in [6.07, 6.45) is -5.31. The Morgan fingerprint density at radius 1 is 0.885 bits per heavy atom. The van der Waals surface area contributed by atoms with Crippen LogP contribution in [0.4, 0.5) is 0 Å². The van der Waals surface area contributed by atoms with Gasteiger partial charge in [-0.15, -0.1) is 0 Å². The van der Waals surface area contributed by atoms with E-state index in [1.807, 2.05) is 0 Å². The predicted molar refractivity (Wildman–Crippen MR) is 218 cm³/mol. The van der Waals surface area contributed by atoms with Crippen LogP contribution in [-0.4, -0.2) is 152 Å². The summed E-state index contributed by atoms with van der Waals surface area (Å²) in [5.74, 6) is -6.44. The van der Waals surface area contributed by atoms with E-state index in [2.05, 4.69) is 36.9 Å². The monoisotopic (exact) mass is 868 g/mol. The Morgan fingerprint density at radius 2 is 1.62 bits per heavy atom. The maximum absolute atomic E-state index is 13.5. The van der Waals surface area contributed by atoms with Crippen LogP contribution in [0.25, 0.3) is 17.0 Å². The van der Waals surface area contributed by atoms with Gasteiger partial charge in [0.2, 0.25) is 35.4 Å². The van der Waals surface area contributed by atoms with E-state index < -0.39 is 129 Å². The molecule has 12 N–H and O–H groups in total. The number of aliphatic hydroxyl groups is 5. The summed E-state index contributed by atoms with van der Waals surface area (Å²) in [4.78, 5) is 96.1. The number of hydrogen-bond donors (Lipinski definition) is 12. The largest absolute Gasteiger partial charge is 0.391 e. The summed E-state index contributed by atoms with van der Waals surface area (Å²) < 4.78 is 0. The Kier molecular flexibility index (Phi) is 15.6. The molecule has 3 heterocycles. The van der Waals surface area contributed by atoms with Gasteiger partial charge in [-0.05, 0) is 29.7 Å². The third-order valence-electron chi connectivity index (χ3n) is 10.2. The van der Waals surface area contributed by atoms with E-state index in [9.17, 15) is 59.1 Å². The van der Waals surface area contributed by atoms with Crippen molar-refractivity contribution in [1.29, 1.82) is 0 Å². The van der Waals surface area contributed by atoms with Gasteiger partial charge in [-0.25, -0.2) is 0 Å². The van der Waals surface area contributed by atoms with Crippen LogP contribution >= 0.6 is 11.6 Å². The molecule has 8 atom stereocenters. The lowest BCUT2D eigenvalue weighted by Crippen LogP contribution is -2.63. The van der Waals surface area contributed by atoms with Gasteiger partial charge in [-0.2, -0.15) is 0 Å². The van der Waals surface area contributed by atoms with Crippen molar-refractivity contribution in [2.45, 2.75) is 80.4 Å². The van der Waals surface area contributed by atoms with E-state index in [4.69, 9.17) is 11.6 Å². The number of carbonyl (C=O) groups excluding carboxylic acids is 7. The van der Waals surface area contributed by atoms with Gasteiger partial charge >= 0.3 is 0 Å². The van der Waals surface area contributed by atoms with Crippen molar-refractivity contribution in [1.82, 2.24) is 41.8 Å². The molecule has 2 fully saturated rings. The summed E-state index contributed by atoms with van der Waals surface area (Å²) >= 11 is 6.11. The number of H-pyrrole nitrogens is 1. The number of aliphatic hydroxyl groups excluding tert-OH is 4. The number of aromatic amines is 1. The van der Waals surface area contributed by atoms with Crippen LogP contribution in [0.1, 0.15) is 36.8 Å². The first-order chi connectivity index (χ1) is 28.9. The summed E-state index contributed by atoms with van der Waals surface area (Å²) in [7, 11) is 1.22. The number of amides is 7. The van der Waals surface area contributed by atoms with Crippen LogP contribution < -0.4 is 31.9 Å². The number of benzene rings is 2. The zero-order valence-corrected chi connectivity index (χ0v) is 33.7. The van der Waals surface area contributed by atoms with Crippen molar-refractivity contribution in [3.05, 3.63) is 77.0 Å². The number of halogens is 1. The lowest BCUT2D eigenvalue weighted by atomic mass is 9.95. The predicted octanol–water partition coefficient (Wildman–Crippen LogP) is -2.94.